The molecule has 1 saturated carbocycles. The second kappa shape index (κ2) is 7.12. The van der Waals surface area contributed by atoms with Crippen LogP contribution in [0.5, 0.6) is 0 Å². The molecule has 26 heavy (non-hydrogen) atoms. The monoisotopic (exact) mass is 379 g/mol. The van der Waals surface area contributed by atoms with Gasteiger partial charge >= 0.3 is 0 Å². The highest BCUT2D eigenvalue weighted by molar-refractivity contribution is 7.15. The van der Waals surface area contributed by atoms with Gasteiger partial charge in [-0.15, -0.1) is 11.3 Å². The van der Waals surface area contributed by atoms with E-state index in [0.29, 0.717) is 5.13 Å². The highest BCUT2D eigenvalue weighted by atomic mass is 32.1. The van der Waals surface area contributed by atoms with Crippen LogP contribution in [-0.2, 0) is 11.2 Å². The number of rotatable bonds is 4. The Labute approximate surface area is 161 Å². The van der Waals surface area contributed by atoms with Crippen molar-refractivity contribution in [2.24, 2.45) is 23.2 Å². The summed E-state index contributed by atoms with van der Waals surface area (Å²) < 4.78 is 0. The van der Waals surface area contributed by atoms with Crippen LogP contribution >= 0.6 is 11.3 Å². The number of amides is 1. The van der Waals surface area contributed by atoms with E-state index in [2.05, 4.69) is 18.8 Å². The number of nitrogen functional groups attached to an aromatic ring is 1. The van der Waals surface area contributed by atoms with Crippen molar-refractivity contribution in [2.75, 3.05) is 18.8 Å². The van der Waals surface area contributed by atoms with Crippen LogP contribution in [0.25, 0.3) is 0 Å². The van der Waals surface area contributed by atoms with Crippen LogP contribution in [-0.4, -0.2) is 40.1 Å². The molecule has 0 bridgehead atoms. The Kier molecular flexibility index (Phi) is 5.37. The Bertz CT molecular complexity index is 672. The van der Waals surface area contributed by atoms with Crippen molar-refractivity contribution >= 4 is 22.4 Å². The summed E-state index contributed by atoms with van der Waals surface area (Å²) in [4.78, 5) is 20.6. The molecule has 0 saturated heterocycles. The van der Waals surface area contributed by atoms with Crippen LogP contribution in [0.4, 0.5) is 5.13 Å². The molecule has 0 aliphatic heterocycles. The van der Waals surface area contributed by atoms with Crippen LogP contribution in [0.15, 0.2) is 0 Å². The maximum Gasteiger partial charge on any atom is 0.225 e. The first-order valence-corrected chi connectivity index (χ1v) is 10.8. The topological polar surface area (TPSA) is 79.5 Å². The smallest absolute Gasteiger partial charge is 0.225 e. The summed E-state index contributed by atoms with van der Waals surface area (Å²) in [5.41, 5.74) is 7.08. The fourth-order valence-electron chi connectivity index (χ4n) is 5.57. The van der Waals surface area contributed by atoms with Crippen molar-refractivity contribution in [3.63, 3.8) is 0 Å². The van der Waals surface area contributed by atoms with E-state index in [1.165, 1.54) is 4.88 Å². The third-order valence-corrected chi connectivity index (χ3v) is 7.95. The molecule has 0 aromatic carbocycles. The number of aliphatic hydroxyl groups is 1. The highest BCUT2D eigenvalue weighted by Gasteiger charge is 2.54. The summed E-state index contributed by atoms with van der Waals surface area (Å²) in [5.74, 6) is 0.336. The fourth-order valence-corrected chi connectivity index (χ4v) is 6.71. The van der Waals surface area contributed by atoms with Gasteiger partial charge in [0.2, 0.25) is 5.91 Å². The molecule has 0 radical (unpaired) electrons. The van der Waals surface area contributed by atoms with E-state index < -0.39 is 6.10 Å². The van der Waals surface area contributed by atoms with Gasteiger partial charge in [-0.2, -0.15) is 0 Å². The summed E-state index contributed by atoms with van der Waals surface area (Å²) in [6, 6.07) is 0. The summed E-state index contributed by atoms with van der Waals surface area (Å²) in [6.45, 7) is 11.9. The van der Waals surface area contributed by atoms with Gasteiger partial charge in [-0.1, -0.05) is 20.8 Å². The average Bonchev–Trinajstić information content (AvgIpc) is 2.95. The van der Waals surface area contributed by atoms with E-state index in [1.54, 1.807) is 11.3 Å². The molecule has 146 valence electrons. The normalized spacial score (nSPS) is 34.7. The first kappa shape index (κ1) is 19.6. The molecular weight excluding hydrogens is 346 g/mol. The van der Waals surface area contributed by atoms with E-state index in [9.17, 15) is 9.90 Å². The minimum Gasteiger partial charge on any atom is -0.392 e. The van der Waals surface area contributed by atoms with E-state index >= 15 is 0 Å². The fraction of sp³-hybridized carbons (Fsp3) is 0.800. The highest BCUT2D eigenvalue weighted by Crippen LogP contribution is 2.57. The van der Waals surface area contributed by atoms with Crippen LogP contribution in [0.2, 0.25) is 0 Å². The van der Waals surface area contributed by atoms with E-state index in [-0.39, 0.29) is 35.0 Å². The molecule has 0 unspecified atom stereocenters. The molecule has 2 aliphatic rings. The molecular formula is C20H33N3O2S. The van der Waals surface area contributed by atoms with Gasteiger partial charge in [0.15, 0.2) is 5.13 Å². The Morgan fingerprint density at radius 3 is 2.73 bits per heavy atom. The standard InChI is InChI=1S/C20H33N3O2S/c1-6-23(7-2)18(25)11(3)13-8-9-20(5)10-14-16(22-19(21)26-14)12(4)15(20)17(13)24/h11-13,15,17,24H,6-10H2,1-5H3,(H2,21,22)/t11-,12-,13+,15+,17-,20-/m0/s1. The number of nitrogens with zero attached hydrogens (tertiary/aromatic N) is 2. The van der Waals surface area contributed by atoms with Crippen molar-refractivity contribution < 1.29 is 9.90 Å². The molecule has 1 aromatic heterocycles. The van der Waals surface area contributed by atoms with Crippen LogP contribution < -0.4 is 5.73 Å². The van der Waals surface area contributed by atoms with Crippen LogP contribution in [0.3, 0.4) is 0 Å². The first-order chi connectivity index (χ1) is 12.2. The molecule has 6 atom stereocenters. The summed E-state index contributed by atoms with van der Waals surface area (Å²) >= 11 is 1.60. The minimum absolute atomic E-state index is 0.0150. The molecule has 2 aliphatic carbocycles. The molecule has 1 fully saturated rings. The van der Waals surface area contributed by atoms with E-state index in [0.717, 1.165) is 38.0 Å². The van der Waals surface area contributed by atoms with Crippen molar-refractivity contribution in [1.29, 1.82) is 0 Å². The van der Waals surface area contributed by atoms with Gasteiger partial charge in [-0.05, 0) is 50.4 Å². The average molecular weight is 380 g/mol. The Morgan fingerprint density at radius 1 is 1.46 bits per heavy atom. The Morgan fingerprint density at radius 2 is 2.12 bits per heavy atom. The van der Waals surface area contributed by atoms with E-state index in [1.807, 2.05) is 25.7 Å². The zero-order valence-electron chi connectivity index (χ0n) is 16.7. The molecule has 0 spiro atoms. The van der Waals surface area contributed by atoms with Gasteiger partial charge in [-0.3, -0.25) is 4.79 Å². The summed E-state index contributed by atoms with van der Waals surface area (Å²) in [7, 11) is 0. The SMILES string of the molecule is CCN(CC)C(=O)[C@@H](C)[C@H]1CC[C@@]2(C)Cc3sc(N)nc3[C@@H](C)[C@@H]2[C@H]1O. The number of anilines is 1. The summed E-state index contributed by atoms with van der Waals surface area (Å²) in [5, 5.41) is 12.0. The predicted octanol–water partition coefficient (Wildman–Crippen LogP) is 3.28. The Hall–Kier alpha value is -1.14. The number of hydrogen-bond acceptors (Lipinski definition) is 5. The molecule has 6 heteroatoms. The third-order valence-electron chi connectivity index (χ3n) is 7.05. The predicted molar refractivity (Wildman–Crippen MR) is 106 cm³/mol. The number of thiazole rings is 1. The van der Waals surface area contributed by atoms with Gasteiger partial charge in [0.25, 0.3) is 0 Å². The lowest BCUT2D eigenvalue weighted by Gasteiger charge is -2.53. The molecule has 5 nitrogen and oxygen atoms in total. The lowest BCUT2D eigenvalue weighted by atomic mass is 9.53. The zero-order chi connectivity index (χ0) is 19.2. The second-order valence-corrected chi connectivity index (χ2v) is 9.61. The summed E-state index contributed by atoms with van der Waals surface area (Å²) in [6.07, 6.45) is 2.40. The molecule has 1 aromatic rings. The zero-order valence-corrected chi connectivity index (χ0v) is 17.5. The second-order valence-electron chi connectivity index (χ2n) is 8.50. The van der Waals surface area contributed by atoms with Gasteiger partial charge in [-0.25, -0.2) is 4.98 Å². The van der Waals surface area contributed by atoms with Crippen molar-refractivity contribution in [3.05, 3.63) is 10.6 Å². The lowest BCUT2D eigenvalue weighted by Crippen LogP contribution is -2.53. The lowest BCUT2D eigenvalue weighted by molar-refractivity contribution is -0.144. The maximum absolute atomic E-state index is 12.9. The van der Waals surface area contributed by atoms with Crippen molar-refractivity contribution in [3.8, 4) is 0 Å². The number of aliphatic hydroxyl groups excluding tert-OH is 1. The number of hydrogen-bond donors (Lipinski definition) is 2. The van der Waals surface area contributed by atoms with Crippen molar-refractivity contribution in [2.45, 2.75) is 65.9 Å². The molecule has 3 rings (SSSR count). The van der Waals surface area contributed by atoms with Gasteiger partial charge in [0, 0.05) is 29.8 Å². The molecule has 3 N–H and O–H groups in total. The number of aromatic nitrogens is 1. The van der Waals surface area contributed by atoms with Gasteiger partial charge < -0.3 is 15.7 Å². The third kappa shape index (κ3) is 3.05. The van der Waals surface area contributed by atoms with E-state index in [4.69, 9.17) is 5.73 Å². The number of carbonyl (C=O) groups excluding carboxylic acids is 1. The Balaban J connectivity index is 1.87. The van der Waals surface area contributed by atoms with Crippen LogP contribution in [0, 0.1) is 23.2 Å². The number of fused-ring (bicyclic) bond motifs is 2. The van der Waals surface area contributed by atoms with Crippen molar-refractivity contribution in [1.82, 2.24) is 9.88 Å². The number of carbonyl (C=O) groups is 1. The molecule has 1 heterocycles. The quantitative estimate of drug-likeness (QED) is 0.841. The largest absolute Gasteiger partial charge is 0.392 e. The molecule has 1 amide bonds. The van der Waals surface area contributed by atoms with Crippen LogP contribution in [0.1, 0.15) is 63.9 Å². The van der Waals surface area contributed by atoms with Gasteiger partial charge in [0.1, 0.15) is 0 Å². The number of nitrogens with two attached hydrogens (primary N) is 1. The first-order valence-electron chi connectivity index (χ1n) is 9.95. The minimum atomic E-state index is -0.477. The maximum atomic E-state index is 12.9. The van der Waals surface area contributed by atoms with Gasteiger partial charge in [0.05, 0.1) is 11.8 Å².